The summed E-state index contributed by atoms with van der Waals surface area (Å²) < 4.78 is 18.4. The highest BCUT2D eigenvalue weighted by Gasteiger charge is 2.18. The van der Waals surface area contributed by atoms with E-state index in [1.807, 2.05) is 30.3 Å². The molecule has 3 aromatic carbocycles. The minimum atomic E-state index is -0.823. The number of esters is 1. The van der Waals surface area contributed by atoms with Crippen molar-refractivity contribution in [3.8, 4) is 17.3 Å². The number of benzene rings is 3. The molecule has 37 heavy (non-hydrogen) atoms. The lowest BCUT2D eigenvalue weighted by Crippen LogP contribution is -2.25. The fourth-order valence-electron chi connectivity index (χ4n) is 3.74. The normalized spacial score (nSPS) is 12.3. The van der Waals surface area contributed by atoms with Gasteiger partial charge in [-0.15, -0.1) is 0 Å². The van der Waals surface area contributed by atoms with Crippen molar-refractivity contribution in [1.29, 1.82) is 0 Å². The first kappa shape index (κ1) is 24.7. The second-order valence-corrected chi connectivity index (χ2v) is 9.40. The number of aromatic nitrogens is 2. The predicted octanol–water partition coefficient (Wildman–Crippen LogP) is 6.05. The highest BCUT2D eigenvalue weighted by atomic mass is 79.9. The zero-order valence-corrected chi connectivity index (χ0v) is 22.0. The molecule has 0 aliphatic carbocycles. The van der Waals surface area contributed by atoms with Crippen LogP contribution in [0.3, 0.4) is 0 Å². The molecule has 10 heteroatoms. The van der Waals surface area contributed by atoms with E-state index in [9.17, 15) is 9.59 Å². The Balaban J connectivity index is 1.56. The van der Waals surface area contributed by atoms with Crippen molar-refractivity contribution < 1.29 is 18.7 Å². The van der Waals surface area contributed by atoms with E-state index < -0.39 is 12.1 Å². The molecule has 2 heterocycles. The van der Waals surface area contributed by atoms with Gasteiger partial charge in [0, 0.05) is 9.86 Å². The Labute approximate surface area is 224 Å². The zero-order chi connectivity index (χ0) is 26.1. The van der Waals surface area contributed by atoms with Gasteiger partial charge in [0.1, 0.15) is 11.3 Å². The molecule has 2 aromatic heterocycles. The molecule has 0 fully saturated rings. The van der Waals surface area contributed by atoms with E-state index in [2.05, 4.69) is 30.8 Å². The molecule has 0 unspecified atom stereocenters. The van der Waals surface area contributed by atoms with Crippen molar-refractivity contribution in [3.63, 3.8) is 0 Å². The third-order valence-electron chi connectivity index (χ3n) is 5.57. The highest BCUT2D eigenvalue weighted by molar-refractivity contribution is 9.10. The number of hydrogen-bond acceptors (Lipinski definition) is 7. The molecule has 0 spiro atoms. The van der Waals surface area contributed by atoms with Crippen LogP contribution in [0.15, 0.2) is 85.5 Å². The number of ether oxygens (including phenoxy) is 2. The molecule has 186 valence electrons. The van der Waals surface area contributed by atoms with E-state index >= 15 is 0 Å². The van der Waals surface area contributed by atoms with E-state index in [1.165, 1.54) is 18.0 Å². The average Bonchev–Trinajstić information content (AvgIpc) is 3.32. The molecule has 5 rings (SSSR count). The quantitative estimate of drug-likeness (QED) is 0.179. The lowest BCUT2D eigenvalue weighted by molar-refractivity contribution is -0.147. The maximum Gasteiger partial charge on any atom is 0.346 e. The van der Waals surface area contributed by atoms with Gasteiger partial charge in [-0.25, -0.2) is 9.78 Å². The van der Waals surface area contributed by atoms with Crippen LogP contribution >= 0.6 is 27.5 Å². The Hall–Kier alpha value is -3.95. The Morgan fingerprint density at radius 3 is 2.76 bits per heavy atom. The van der Waals surface area contributed by atoms with Crippen LogP contribution in [-0.4, -0.2) is 35.1 Å². The summed E-state index contributed by atoms with van der Waals surface area (Å²) in [6, 6.07) is 19.4. The molecule has 8 nitrogen and oxygen atoms in total. The number of para-hydroxylation sites is 1. The van der Waals surface area contributed by atoms with E-state index in [1.54, 1.807) is 43.3 Å². The summed E-state index contributed by atoms with van der Waals surface area (Å²) in [4.78, 5) is 29.7. The summed E-state index contributed by atoms with van der Waals surface area (Å²) in [5.41, 5.74) is 1.43. The van der Waals surface area contributed by atoms with Crippen LogP contribution in [0.5, 0.6) is 5.75 Å². The number of hydrogen-bond donors (Lipinski definition) is 0. The maximum absolute atomic E-state index is 13.4. The number of furan rings is 1. The number of nitrogens with zero attached hydrogens (tertiary/aromatic N) is 3. The first-order chi connectivity index (χ1) is 17.8. The molecule has 0 N–H and O–H groups in total. The number of halogens is 2. The molecule has 0 aliphatic rings. The molecular formula is C27H19BrClN3O5. The number of rotatable bonds is 6. The highest BCUT2D eigenvalue weighted by Crippen LogP contribution is 2.30. The Morgan fingerprint density at radius 1 is 1.16 bits per heavy atom. The molecule has 1 atom stereocenters. The fraction of sp³-hybridized carbons (Fsp3) is 0.111. The van der Waals surface area contributed by atoms with Crippen LogP contribution in [0.25, 0.3) is 33.5 Å². The molecule has 0 saturated heterocycles. The van der Waals surface area contributed by atoms with Crippen molar-refractivity contribution in [3.05, 3.63) is 92.1 Å². The third-order valence-corrected chi connectivity index (χ3v) is 6.36. The number of carbonyl (C=O) groups excluding carboxylic acids is 1. The second-order valence-electron chi connectivity index (χ2n) is 8.08. The lowest BCUT2D eigenvalue weighted by Gasteiger charge is -2.13. The molecule has 0 bridgehead atoms. The van der Waals surface area contributed by atoms with Crippen LogP contribution < -0.4 is 10.3 Å². The maximum atomic E-state index is 13.4. The van der Waals surface area contributed by atoms with Gasteiger partial charge in [-0.3, -0.25) is 4.79 Å². The zero-order valence-electron chi connectivity index (χ0n) is 19.6. The summed E-state index contributed by atoms with van der Waals surface area (Å²) in [7, 11) is 1.28. The standard InChI is InChI=1S/C27H19BrClN3O5/c1-15(27(34)35-2)36-23-9-7-16(11-20(23)29)14-30-32-25(31-21-6-4-3-5-19(21)26(32)33)24-13-17-12-18(28)8-10-22(17)37-24/h3-15H,1-2H3/t15-/m0/s1. The fourth-order valence-corrected chi connectivity index (χ4v) is 4.35. The Morgan fingerprint density at radius 2 is 1.97 bits per heavy atom. The predicted molar refractivity (Wildman–Crippen MR) is 145 cm³/mol. The lowest BCUT2D eigenvalue weighted by atomic mass is 10.2. The van der Waals surface area contributed by atoms with Gasteiger partial charge >= 0.3 is 5.97 Å². The van der Waals surface area contributed by atoms with Gasteiger partial charge in [0.25, 0.3) is 5.56 Å². The van der Waals surface area contributed by atoms with Gasteiger partial charge in [-0.05, 0) is 67.1 Å². The van der Waals surface area contributed by atoms with Crippen molar-refractivity contribution in [2.75, 3.05) is 7.11 Å². The average molecular weight is 581 g/mol. The smallest absolute Gasteiger partial charge is 0.346 e. The monoisotopic (exact) mass is 579 g/mol. The third kappa shape index (κ3) is 5.00. The van der Waals surface area contributed by atoms with Crippen LogP contribution in [0.4, 0.5) is 0 Å². The van der Waals surface area contributed by atoms with Crippen molar-refractivity contribution in [2.24, 2.45) is 5.10 Å². The summed E-state index contributed by atoms with van der Waals surface area (Å²) >= 11 is 9.82. The van der Waals surface area contributed by atoms with E-state index in [-0.39, 0.29) is 16.4 Å². The molecule has 5 aromatic rings. The van der Waals surface area contributed by atoms with Crippen molar-refractivity contribution in [2.45, 2.75) is 13.0 Å². The van der Waals surface area contributed by atoms with Crippen LogP contribution in [-0.2, 0) is 9.53 Å². The van der Waals surface area contributed by atoms with Crippen molar-refractivity contribution in [1.82, 2.24) is 9.66 Å². The minimum Gasteiger partial charge on any atom is -0.477 e. The first-order valence-electron chi connectivity index (χ1n) is 11.1. The Kier molecular flexibility index (Phi) is 6.82. The minimum absolute atomic E-state index is 0.255. The number of methoxy groups -OCH3 is 1. The van der Waals surface area contributed by atoms with Gasteiger partial charge in [-0.2, -0.15) is 9.78 Å². The van der Waals surface area contributed by atoms with E-state index in [0.29, 0.717) is 33.6 Å². The molecular weight excluding hydrogens is 562 g/mol. The largest absolute Gasteiger partial charge is 0.477 e. The molecule has 0 saturated carbocycles. The van der Waals surface area contributed by atoms with Gasteiger partial charge in [0.15, 0.2) is 11.9 Å². The summed E-state index contributed by atoms with van der Waals surface area (Å²) in [5.74, 6) is 0.447. The van der Waals surface area contributed by atoms with Crippen LogP contribution in [0.1, 0.15) is 12.5 Å². The van der Waals surface area contributed by atoms with Gasteiger partial charge < -0.3 is 13.9 Å². The van der Waals surface area contributed by atoms with Crippen molar-refractivity contribution >= 4 is 61.6 Å². The van der Waals surface area contributed by atoms with Crippen LogP contribution in [0.2, 0.25) is 5.02 Å². The van der Waals surface area contributed by atoms with Gasteiger partial charge in [0.2, 0.25) is 5.82 Å². The summed E-state index contributed by atoms with van der Waals surface area (Å²) in [6.45, 7) is 1.56. The van der Waals surface area contributed by atoms with Gasteiger partial charge in [0.05, 0.1) is 29.2 Å². The summed E-state index contributed by atoms with van der Waals surface area (Å²) in [5, 5.41) is 5.98. The molecule has 0 amide bonds. The summed E-state index contributed by atoms with van der Waals surface area (Å²) in [6.07, 6.45) is 0.663. The second kappa shape index (κ2) is 10.2. The molecule has 0 radical (unpaired) electrons. The van der Waals surface area contributed by atoms with E-state index in [4.69, 9.17) is 20.8 Å². The van der Waals surface area contributed by atoms with E-state index in [0.717, 1.165) is 9.86 Å². The SMILES string of the molecule is COC(=O)[C@H](C)Oc1ccc(C=Nn2c(-c3cc4cc(Br)ccc4o3)nc3ccccc3c2=O)cc1Cl. The number of fused-ring (bicyclic) bond motifs is 2. The van der Waals surface area contributed by atoms with Crippen LogP contribution in [0, 0.1) is 0 Å². The molecule has 0 aliphatic heterocycles. The first-order valence-corrected chi connectivity index (χ1v) is 12.3. The Bertz CT molecular complexity index is 1740. The number of carbonyl (C=O) groups is 1. The van der Waals surface area contributed by atoms with Gasteiger partial charge in [-0.1, -0.05) is 39.7 Å². The topological polar surface area (TPSA) is 95.9 Å².